The molecule has 4 aliphatic carbocycles. The van der Waals surface area contributed by atoms with E-state index in [4.69, 9.17) is 32.4 Å². The fraction of sp³-hybridized carbons (Fsp3) is 0.391. The van der Waals surface area contributed by atoms with Gasteiger partial charge in [-0.25, -0.2) is 23.6 Å². The highest BCUT2D eigenvalue weighted by atomic mass is 19.1. The molecule has 16 heteroatoms. The van der Waals surface area contributed by atoms with Crippen molar-refractivity contribution in [2.75, 3.05) is 13.1 Å². The lowest BCUT2D eigenvalue weighted by Gasteiger charge is -2.53. The summed E-state index contributed by atoms with van der Waals surface area (Å²) in [7, 11) is 0. The average Bonchev–Trinajstić information content (AvgIpc) is 3.94. The molecule has 6 atom stereocenters. The van der Waals surface area contributed by atoms with E-state index in [1.807, 2.05) is 66.9 Å². The number of halogens is 1. The monoisotopic (exact) mass is 847 g/mol. The standard InChI is InChI=1S/C46H50FN7O8/c1-25-26(2)36(34-8-6-22-53(34)46(38(49)56,40(58)62-42(51)60)44(4)24-28-11-15-30(44)16-12-28)54(32-19-17-31(47)18-20-32)35(25)33-7-5-21-52(33)45(37(48)55,39(57)61-41(50)59)43(3)23-27-9-13-29(43)14-10-27/h9-20,33-34H,5-8,21-24H2,1-4H3,(H2,48,55)(H2,49,56)(H2,50,59)(H2,51,60)/t33?,34?,43?,44?,45-,46-/m0/s1. The van der Waals surface area contributed by atoms with E-state index in [-0.39, 0.29) is 25.9 Å². The summed E-state index contributed by atoms with van der Waals surface area (Å²) in [5.74, 6) is -5.00. The van der Waals surface area contributed by atoms with Crippen molar-refractivity contribution in [2.45, 2.75) is 100 Å². The average molecular weight is 848 g/mol. The first-order valence-corrected chi connectivity index (χ1v) is 20.7. The van der Waals surface area contributed by atoms with Gasteiger partial charge in [0.25, 0.3) is 11.8 Å². The molecule has 2 aliphatic heterocycles. The van der Waals surface area contributed by atoms with Crippen LogP contribution in [0.4, 0.5) is 14.0 Å². The van der Waals surface area contributed by atoms with Gasteiger partial charge in [-0.05, 0) is 110 Å². The maximum Gasteiger partial charge on any atom is 0.412 e. The van der Waals surface area contributed by atoms with Gasteiger partial charge in [-0.15, -0.1) is 0 Å². The maximum atomic E-state index is 14.8. The van der Waals surface area contributed by atoms with Gasteiger partial charge in [0.15, 0.2) is 0 Å². The summed E-state index contributed by atoms with van der Waals surface area (Å²) < 4.78 is 27.1. The second kappa shape index (κ2) is 14.9. The Balaban J connectivity index is 1.38. The lowest BCUT2D eigenvalue weighted by molar-refractivity contribution is -0.167. The third-order valence-corrected chi connectivity index (χ3v) is 14.5. The zero-order chi connectivity index (χ0) is 44.7. The van der Waals surface area contributed by atoms with Crippen molar-refractivity contribution in [3.63, 3.8) is 0 Å². The fourth-order valence-electron chi connectivity index (χ4n) is 11.8. The third-order valence-electron chi connectivity index (χ3n) is 14.5. The van der Waals surface area contributed by atoms with Crippen molar-refractivity contribution < 1.29 is 42.6 Å². The molecule has 3 aromatic carbocycles. The quantitative estimate of drug-likeness (QED) is 0.124. The minimum Gasteiger partial charge on any atom is -0.375 e. The number of likely N-dealkylation sites (tertiary alicyclic amines) is 2. The molecule has 0 radical (unpaired) electrons. The molecule has 0 saturated carbocycles. The Labute approximate surface area is 357 Å². The van der Waals surface area contributed by atoms with E-state index in [2.05, 4.69) is 0 Å². The smallest absolute Gasteiger partial charge is 0.375 e. The number of esters is 2. The molecule has 324 valence electrons. The number of rotatable bonds is 11. The van der Waals surface area contributed by atoms with Crippen molar-refractivity contribution in [3.05, 3.63) is 123 Å². The van der Waals surface area contributed by atoms with E-state index >= 15 is 0 Å². The number of carbonyl (C=O) groups is 6. The Kier molecular flexibility index (Phi) is 10.2. The van der Waals surface area contributed by atoms with E-state index in [1.165, 1.54) is 12.1 Å². The van der Waals surface area contributed by atoms with Crippen LogP contribution in [-0.2, 0) is 52.3 Å². The third kappa shape index (κ3) is 5.82. The van der Waals surface area contributed by atoms with Crippen LogP contribution in [-0.4, -0.2) is 74.5 Å². The molecule has 3 heterocycles. The molecular weight excluding hydrogens is 798 g/mol. The van der Waals surface area contributed by atoms with Crippen LogP contribution in [0.1, 0.15) is 96.4 Å². The number of nitrogens with zero attached hydrogens (tertiary/aromatic N) is 3. The van der Waals surface area contributed by atoms with E-state index in [0.29, 0.717) is 53.9 Å². The van der Waals surface area contributed by atoms with Crippen molar-refractivity contribution in [1.29, 1.82) is 0 Å². The molecular formula is C46H50FN7O8. The fourth-order valence-corrected chi connectivity index (χ4v) is 11.8. The molecule has 2 saturated heterocycles. The van der Waals surface area contributed by atoms with Crippen molar-refractivity contribution in [3.8, 4) is 5.69 Å². The second-order valence-electron chi connectivity index (χ2n) is 17.5. The number of benzene rings is 3. The van der Waals surface area contributed by atoms with Crippen LogP contribution in [0.15, 0.2) is 72.8 Å². The summed E-state index contributed by atoms with van der Waals surface area (Å²) in [6.07, 6.45) is -0.605. The summed E-state index contributed by atoms with van der Waals surface area (Å²) in [5.41, 5.74) is 22.7. The second-order valence-corrected chi connectivity index (χ2v) is 17.5. The Hall–Kier alpha value is -6.39. The number of ether oxygens (including phenoxy) is 2. The van der Waals surface area contributed by atoms with Crippen LogP contribution < -0.4 is 22.9 Å². The molecule has 4 amide bonds. The van der Waals surface area contributed by atoms with Crippen molar-refractivity contribution in [2.24, 2.45) is 22.9 Å². The number of carbonyl (C=O) groups excluding carboxylic acids is 6. The van der Waals surface area contributed by atoms with Crippen LogP contribution in [0.25, 0.3) is 5.69 Å². The zero-order valence-corrected chi connectivity index (χ0v) is 35.0. The summed E-state index contributed by atoms with van der Waals surface area (Å²) >= 11 is 0. The number of nitrogens with two attached hydrogens (primary N) is 4. The van der Waals surface area contributed by atoms with Gasteiger partial charge >= 0.3 is 24.1 Å². The predicted molar refractivity (Wildman–Crippen MR) is 223 cm³/mol. The number of fused-ring (bicyclic) bond motifs is 6. The van der Waals surface area contributed by atoms with Crippen LogP contribution in [0.2, 0.25) is 0 Å². The summed E-state index contributed by atoms with van der Waals surface area (Å²) in [6.45, 7) is 7.64. The van der Waals surface area contributed by atoms with Crippen LogP contribution in [0.3, 0.4) is 0 Å². The van der Waals surface area contributed by atoms with Gasteiger partial charge in [-0.3, -0.25) is 19.4 Å². The number of primary amides is 4. The molecule has 4 bridgehead atoms. The van der Waals surface area contributed by atoms with E-state index in [0.717, 1.165) is 22.3 Å². The van der Waals surface area contributed by atoms with Gasteiger partial charge in [0.2, 0.25) is 11.1 Å². The molecule has 4 aromatic rings. The number of aromatic nitrogens is 1. The van der Waals surface area contributed by atoms with Crippen LogP contribution in [0.5, 0.6) is 0 Å². The molecule has 6 aliphatic rings. The lowest BCUT2D eigenvalue weighted by atomic mass is 9.59. The van der Waals surface area contributed by atoms with Crippen molar-refractivity contribution >= 4 is 35.9 Å². The first-order chi connectivity index (χ1) is 29.3. The van der Waals surface area contributed by atoms with E-state index in [1.54, 1.807) is 35.8 Å². The number of amides is 4. The highest BCUT2D eigenvalue weighted by Gasteiger charge is 2.69. The van der Waals surface area contributed by atoms with Gasteiger partial charge in [-0.2, -0.15) is 0 Å². The Morgan fingerprint density at radius 1 is 0.613 bits per heavy atom. The Morgan fingerprint density at radius 2 is 0.984 bits per heavy atom. The maximum absolute atomic E-state index is 14.8. The molecule has 0 spiro atoms. The first-order valence-electron chi connectivity index (χ1n) is 20.7. The predicted octanol–water partition coefficient (Wildman–Crippen LogP) is 4.23. The van der Waals surface area contributed by atoms with Gasteiger partial charge in [-0.1, -0.05) is 62.4 Å². The van der Waals surface area contributed by atoms with E-state index < -0.39 is 75.7 Å². The zero-order valence-electron chi connectivity index (χ0n) is 35.0. The van der Waals surface area contributed by atoms with Gasteiger partial charge in [0.1, 0.15) is 5.82 Å². The lowest BCUT2D eigenvalue weighted by Crippen LogP contribution is -2.74. The molecule has 2 fully saturated rings. The van der Waals surface area contributed by atoms with Crippen molar-refractivity contribution in [1.82, 2.24) is 14.4 Å². The molecule has 4 unspecified atom stereocenters. The molecule has 8 N–H and O–H groups in total. The van der Waals surface area contributed by atoms with Crippen LogP contribution >= 0.6 is 0 Å². The topological polar surface area (TPSA) is 236 Å². The highest BCUT2D eigenvalue weighted by Crippen LogP contribution is 2.55. The van der Waals surface area contributed by atoms with Gasteiger partial charge < -0.3 is 37.0 Å². The first kappa shape index (κ1) is 42.3. The SMILES string of the molecule is Cc1c(C)c(C2CCCN2[C@@](C(N)=O)(C(=O)OC(N)=O)C2(C)Cc3ccc2cc3)n(-c2ccc(F)cc2)c1C1CCCN1[C@@](C(N)=O)(C(=O)OC(N)=O)C1(C)Cc2ccc1cc2. The van der Waals surface area contributed by atoms with E-state index in [9.17, 15) is 33.2 Å². The van der Waals surface area contributed by atoms with Gasteiger partial charge in [0, 0.05) is 41.0 Å². The molecule has 10 rings (SSSR count). The Bertz CT molecular complexity index is 2390. The van der Waals surface area contributed by atoms with Crippen LogP contribution in [0, 0.1) is 19.7 Å². The summed E-state index contributed by atoms with van der Waals surface area (Å²) in [6, 6.07) is 19.1. The minimum absolute atomic E-state index is 0.172. The Morgan fingerprint density at radius 3 is 1.29 bits per heavy atom. The summed E-state index contributed by atoms with van der Waals surface area (Å²) in [5, 5.41) is 0. The summed E-state index contributed by atoms with van der Waals surface area (Å²) in [4.78, 5) is 86.4. The van der Waals surface area contributed by atoms with Gasteiger partial charge in [0.05, 0.1) is 12.1 Å². The minimum atomic E-state index is -2.28. The largest absolute Gasteiger partial charge is 0.412 e. The highest BCUT2D eigenvalue weighted by molar-refractivity contribution is 6.12. The number of hydrogen-bond acceptors (Lipinski definition) is 10. The molecule has 15 nitrogen and oxygen atoms in total. The number of hydrogen-bond donors (Lipinski definition) is 4. The molecule has 1 aromatic heterocycles. The normalized spacial score (nSPS) is 24.9. The molecule has 62 heavy (non-hydrogen) atoms.